The van der Waals surface area contributed by atoms with Gasteiger partial charge in [0.1, 0.15) is 11.0 Å². The second-order valence-electron chi connectivity index (χ2n) is 2.46. The van der Waals surface area contributed by atoms with Gasteiger partial charge in [0.2, 0.25) is 0 Å². The Labute approximate surface area is 71.9 Å². The van der Waals surface area contributed by atoms with Crippen molar-refractivity contribution in [2.45, 2.75) is 0 Å². The van der Waals surface area contributed by atoms with Crippen LogP contribution in [-0.2, 0) is 0 Å². The first-order chi connectivity index (χ1) is 6.18. The number of fused-ring (bicyclic) bond motifs is 1. The molecule has 66 valence electrons. The second-order valence-corrected chi connectivity index (χ2v) is 2.46. The van der Waals surface area contributed by atoms with Gasteiger partial charge in [-0.05, 0) is 11.3 Å². The van der Waals surface area contributed by atoms with Crippen LogP contribution in [0.5, 0.6) is 0 Å². The molecule has 0 saturated carbocycles. The van der Waals surface area contributed by atoms with Gasteiger partial charge in [-0.25, -0.2) is 0 Å². The summed E-state index contributed by atoms with van der Waals surface area (Å²) in [6.45, 7) is 0. The van der Waals surface area contributed by atoms with E-state index in [9.17, 15) is 10.1 Å². The van der Waals surface area contributed by atoms with E-state index in [1.54, 1.807) is 0 Å². The predicted octanol–water partition coefficient (Wildman–Crippen LogP) is 0.0533. The Balaban J connectivity index is 2.70. The van der Waals surface area contributed by atoms with E-state index in [4.69, 9.17) is 5.84 Å². The van der Waals surface area contributed by atoms with Gasteiger partial charge in [0.25, 0.3) is 5.69 Å². The van der Waals surface area contributed by atoms with E-state index in [0.717, 1.165) is 4.79 Å². The molecule has 1 heterocycles. The Kier molecular flexibility index (Phi) is 1.38. The third-order valence-corrected chi connectivity index (χ3v) is 1.67. The van der Waals surface area contributed by atoms with Crippen molar-refractivity contribution in [2.75, 3.05) is 5.84 Å². The normalized spacial score (nSPS) is 10.5. The molecular formula is C6H5N5O2. The van der Waals surface area contributed by atoms with Gasteiger partial charge in [0.05, 0.1) is 4.92 Å². The van der Waals surface area contributed by atoms with Crippen LogP contribution >= 0.6 is 0 Å². The molecule has 0 unspecified atom stereocenters. The molecule has 2 rings (SSSR count). The monoisotopic (exact) mass is 179 g/mol. The summed E-state index contributed by atoms with van der Waals surface area (Å²) in [7, 11) is 0. The standard InChI is InChI=1S/C6H5N5O2/c7-10-6-2-1-4(11(12)13)3-5(6)8-9-10/h1-3H,7H2. The SMILES string of the molecule is Nn1nnc2cc([N+](=O)[O-])ccc21. The summed E-state index contributed by atoms with van der Waals surface area (Å²) in [5.41, 5.74) is 0.954. The number of nitro groups is 1. The topological polar surface area (TPSA) is 99.9 Å². The van der Waals surface area contributed by atoms with Gasteiger partial charge in [-0.2, -0.15) is 4.79 Å². The van der Waals surface area contributed by atoms with Crippen molar-refractivity contribution in [1.29, 1.82) is 0 Å². The second kappa shape index (κ2) is 2.41. The molecule has 0 amide bonds. The maximum absolute atomic E-state index is 10.4. The number of nitrogens with two attached hydrogens (primary N) is 1. The first kappa shape index (κ1) is 7.47. The molecule has 0 bridgehead atoms. The number of benzene rings is 1. The van der Waals surface area contributed by atoms with Gasteiger partial charge in [-0.1, -0.05) is 0 Å². The fourth-order valence-electron chi connectivity index (χ4n) is 1.04. The first-order valence-corrected chi connectivity index (χ1v) is 3.43. The van der Waals surface area contributed by atoms with Crippen molar-refractivity contribution in [2.24, 2.45) is 0 Å². The number of hydrogen-bond acceptors (Lipinski definition) is 5. The smallest absolute Gasteiger partial charge is 0.271 e. The minimum absolute atomic E-state index is 0.0204. The van der Waals surface area contributed by atoms with Crippen LogP contribution < -0.4 is 5.84 Å². The zero-order valence-electron chi connectivity index (χ0n) is 6.41. The van der Waals surface area contributed by atoms with Crippen LogP contribution in [0.3, 0.4) is 0 Å². The molecule has 0 aliphatic carbocycles. The predicted molar refractivity (Wildman–Crippen MR) is 44.3 cm³/mol. The van der Waals surface area contributed by atoms with Crippen LogP contribution in [0.4, 0.5) is 5.69 Å². The van der Waals surface area contributed by atoms with E-state index in [0.29, 0.717) is 11.0 Å². The lowest BCUT2D eigenvalue weighted by atomic mass is 10.3. The van der Waals surface area contributed by atoms with E-state index in [-0.39, 0.29) is 5.69 Å². The molecule has 0 aliphatic heterocycles. The molecular weight excluding hydrogens is 174 g/mol. The van der Waals surface area contributed by atoms with Crippen molar-refractivity contribution in [3.63, 3.8) is 0 Å². The highest BCUT2D eigenvalue weighted by Gasteiger charge is 2.09. The molecule has 0 radical (unpaired) electrons. The quantitative estimate of drug-likeness (QED) is 0.378. The molecule has 13 heavy (non-hydrogen) atoms. The first-order valence-electron chi connectivity index (χ1n) is 3.43. The Bertz CT molecular complexity index is 477. The highest BCUT2D eigenvalue weighted by molar-refractivity contribution is 5.76. The van der Waals surface area contributed by atoms with Gasteiger partial charge in [0.15, 0.2) is 0 Å². The highest BCUT2D eigenvalue weighted by Crippen LogP contribution is 2.17. The van der Waals surface area contributed by atoms with E-state index < -0.39 is 4.92 Å². The average molecular weight is 179 g/mol. The van der Waals surface area contributed by atoms with Crippen LogP contribution in [0.1, 0.15) is 0 Å². The number of nitrogen functional groups attached to an aromatic ring is 1. The number of non-ortho nitro benzene ring substituents is 1. The fourth-order valence-corrected chi connectivity index (χ4v) is 1.04. The molecule has 2 N–H and O–H groups in total. The zero-order valence-corrected chi connectivity index (χ0v) is 6.41. The van der Waals surface area contributed by atoms with Gasteiger partial charge >= 0.3 is 0 Å². The zero-order chi connectivity index (χ0) is 9.42. The van der Waals surface area contributed by atoms with Crippen molar-refractivity contribution in [3.8, 4) is 0 Å². The summed E-state index contributed by atoms with van der Waals surface area (Å²) in [4.78, 5) is 10.9. The van der Waals surface area contributed by atoms with Crippen LogP contribution in [0.2, 0.25) is 0 Å². The summed E-state index contributed by atoms with van der Waals surface area (Å²) >= 11 is 0. The largest absolute Gasteiger partial charge is 0.321 e. The maximum atomic E-state index is 10.4. The summed E-state index contributed by atoms with van der Waals surface area (Å²) in [5, 5.41) is 17.5. The molecule has 7 nitrogen and oxygen atoms in total. The minimum Gasteiger partial charge on any atom is -0.321 e. The Morgan fingerprint density at radius 3 is 3.00 bits per heavy atom. The molecule has 7 heteroatoms. The Morgan fingerprint density at radius 2 is 2.31 bits per heavy atom. The molecule has 0 atom stereocenters. The van der Waals surface area contributed by atoms with Gasteiger partial charge < -0.3 is 5.84 Å². The number of nitro benzene ring substituents is 1. The van der Waals surface area contributed by atoms with Gasteiger partial charge in [0, 0.05) is 12.1 Å². The molecule has 0 fully saturated rings. The number of rotatable bonds is 1. The summed E-state index contributed by atoms with van der Waals surface area (Å²) in [6, 6.07) is 4.19. The van der Waals surface area contributed by atoms with E-state index >= 15 is 0 Å². The summed E-state index contributed by atoms with van der Waals surface area (Å²) in [6.07, 6.45) is 0. The third kappa shape index (κ3) is 1.06. The van der Waals surface area contributed by atoms with Crippen LogP contribution in [0, 0.1) is 10.1 Å². The van der Waals surface area contributed by atoms with Gasteiger partial charge in [-0.15, -0.1) is 5.10 Å². The van der Waals surface area contributed by atoms with Crippen LogP contribution in [0.15, 0.2) is 18.2 Å². The third-order valence-electron chi connectivity index (χ3n) is 1.67. The van der Waals surface area contributed by atoms with Crippen LogP contribution in [0.25, 0.3) is 11.0 Å². The van der Waals surface area contributed by atoms with Crippen LogP contribution in [-0.4, -0.2) is 20.0 Å². The molecule has 0 saturated heterocycles. The summed E-state index contributed by atoms with van der Waals surface area (Å²) in [5.74, 6) is 5.38. The molecule has 0 aliphatic rings. The number of hydrogen-bond donors (Lipinski definition) is 1. The average Bonchev–Trinajstić information content (AvgIpc) is 2.47. The Hall–Kier alpha value is -2.18. The van der Waals surface area contributed by atoms with Gasteiger partial charge in [-0.3, -0.25) is 10.1 Å². The molecule has 1 aromatic carbocycles. The maximum Gasteiger partial charge on any atom is 0.271 e. The molecule has 1 aromatic heterocycles. The van der Waals surface area contributed by atoms with E-state index in [1.165, 1.54) is 18.2 Å². The summed E-state index contributed by atoms with van der Waals surface area (Å²) < 4.78 is 0. The fraction of sp³-hybridized carbons (Fsp3) is 0. The lowest BCUT2D eigenvalue weighted by Gasteiger charge is -1.91. The van der Waals surface area contributed by atoms with Crippen molar-refractivity contribution < 1.29 is 4.92 Å². The van der Waals surface area contributed by atoms with E-state index in [1.807, 2.05) is 0 Å². The number of aromatic nitrogens is 3. The molecule has 2 aromatic rings. The molecule has 0 spiro atoms. The number of nitrogens with zero attached hydrogens (tertiary/aromatic N) is 4. The minimum atomic E-state index is -0.491. The Morgan fingerprint density at radius 1 is 1.54 bits per heavy atom. The lowest BCUT2D eigenvalue weighted by Crippen LogP contribution is -2.09. The van der Waals surface area contributed by atoms with Crippen molar-refractivity contribution >= 4 is 16.7 Å². The lowest BCUT2D eigenvalue weighted by molar-refractivity contribution is -0.384. The highest BCUT2D eigenvalue weighted by atomic mass is 16.6. The van der Waals surface area contributed by atoms with Crippen molar-refractivity contribution in [1.82, 2.24) is 15.1 Å². The van der Waals surface area contributed by atoms with Crippen molar-refractivity contribution in [3.05, 3.63) is 28.3 Å². The van der Waals surface area contributed by atoms with E-state index in [2.05, 4.69) is 10.3 Å².